The van der Waals surface area contributed by atoms with Crippen molar-refractivity contribution in [2.45, 2.75) is 20.3 Å². The van der Waals surface area contributed by atoms with Crippen molar-refractivity contribution >= 4 is 11.6 Å². The number of morpholine rings is 1. The summed E-state index contributed by atoms with van der Waals surface area (Å²) < 4.78 is 11.6. The summed E-state index contributed by atoms with van der Waals surface area (Å²) in [6, 6.07) is 12.0. The first-order valence-corrected chi connectivity index (χ1v) is 9.67. The normalized spacial score (nSPS) is 14.7. The van der Waals surface area contributed by atoms with Crippen LogP contribution in [-0.2, 0) is 11.2 Å². The van der Waals surface area contributed by atoms with Gasteiger partial charge in [-0.1, -0.05) is 35.4 Å². The van der Waals surface area contributed by atoms with Crippen LogP contribution in [0.5, 0.6) is 5.75 Å². The minimum atomic E-state index is 0.581. The Bertz CT molecular complexity index is 839. The van der Waals surface area contributed by atoms with E-state index in [9.17, 15) is 5.26 Å². The van der Waals surface area contributed by atoms with Gasteiger partial charge in [0.2, 0.25) is 0 Å². The Balaban J connectivity index is 1.80. The predicted molar refractivity (Wildman–Crippen MR) is 108 cm³/mol. The summed E-state index contributed by atoms with van der Waals surface area (Å²) in [5.74, 6) is 0.901. The average molecular weight is 385 g/mol. The molecule has 0 radical (unpaired) electrons. The van der Waals surface area contributed by atoms with Gasteiger partial charge >= 0.3 is 0 Å². The second kappa shape index (κ2) is 9.23. The van der Waals surface area contributed by atoms with E-state index in [4.69, 9.17) is 21.1 Å². The molecule has 3 rings (SSSR count). The van der Waals surface area contributed by atoms with Crippen LogP contribution in [0.4, 0.5) is 0 Å². The molecule has 0 saturated carbocycles. The monoisotopic (exact) mass is 384 g/mol. The minimum Gasteiger partial charge on any atom is -0.492 e. The summed E-state index contributed by atoms with van der Waals surface area (Å²) in [6.07, 6.45) is 0.581. The Morgan fingerprint density at radius 3 is 2.74 bits per heavy atom. The maximum Gasteiger partial charge on any atom is 0.125 e. The third-order valence-electron chi connectivity index (χ3n) is 4.86. The van der Waals surface area contributed by atoms with Gasteiger partial charge in [-0.3, -0.25) is 4.90 Å². The number of rotatable bonds is 6. The molecule has 2 aromatic rings. The molecule has 0 atom stereocenters. The molecule has 0 spiro atoms. The van der Waals surface area contributed by atoms with E-state index in [1.165, 1.54) is 5.56 Å². The van der Waals surface area contributed by atoms with Crippen LogP contribution in [-0.4, -0.2) is 44.4 Å². The number of hydrogen-bond donors (Lipinski definition) is 0. The number of nitriles is 1. The van der Waals surface area contributed by atoms with Gasteiger partial charge in [0.1, 0.15) is 12.4 Å². The number of hydrogen-bond acceptors (Lipinski definition) is 4. The van der Waals surface area contributed by atoms with Crippen LogP contribution < -0.4 is 4.74 Å². The van der Waals surface area contributed by atoms with Gasteiger partial charge in [-0.15, -0.1) is 0 Å². The lowest BCUT2D eigenvalue weighted by atomic mass is 9.96. The van der Waals surface area contributed by atoms with Crippen LogP contribution in [0.3, 0.4) is 0 Å². The summed E-state index contributed by atoms with van der Waals surface area (Å²) in [7, 11) is 0. The Labute approximate surface area is 166 Å². The number of aryl methyl sites for hydroxylation is 2. The van der Waals surface area contributed by atoms with E-state index >= 15 is 0 Å². The first-order chi connectivity index (χ1) is 13.1. The van der Waals surface area contributed by atoms with Gasteiger partial charge in [-0.05, 0) is 42.7 Å². The van der Waals surface area contributed by atoms with Crippen molar-refractivity contribution in [3.05, 3.63) is 63.2 Å². The standard InChI is InChI=1S/C22H25ClN2O2/c1-16-12-17(2)22(27-11-8-25-6-9-26-10-7-25)19(13-16)14-20-18(15-24)4-3-5-21(20)23/h3-5,12-13H,6-11,14H2,1-2H3. The molecule has 0 aliphatic carbocycles. The number of ether oxygens (including phenoxy) is 2. The molecule has 27 heavy (non-hydrogen) atoms. The molecule has 0 bridgehead atoms. The lowest BCUT2D eigenvalue weighted by Gasteiger charge is -2.26. The Morgan fingerprint density at radius 1 is 1.22 bits per heavy atom. The van der Waals surface area contributed by atoms with E-state index in [2.05, 4.69) is 36.9 Å². The predicted octanol–water partition coefficient (Wildman–Crippen LogP) is 4.13. The summed E-state index contributed by atoms with van der Waals surface area (Å²) in [4.78, 5) is 2.36. The minimum absolute atomic E-state index is 0.581. The molecule has 2 aromatic carbocycles. The third kappa shape index (κ3) is 5.01. The fourth-order valence-corrected chi connectivity index (χ4v) is 3.76. The van der Waals surface area contributed by atoms with E-state index in [0.29, 0.717) is 23.6 Å². The van der Waals surface area contributed by atoms with E-state index in [0.717, 1.165) is 55.3 Å². The summed E-state index contributed by atoms with van der Waals surface area (Å²) in [6.45, 7) is 9.14. The maximum absolute atomic E-state index is 9.43. The average Bonchev–Trinajstić information content (AvgIpc) is 2.66. The molecule has 142 valence electrons. The van der Waals surface area contributed by atoms with Crippen molar-refractivity contribution in [2.75, 3.05) is 39.5 Å². The van der Waals surface area contributed by atoms with E-state index in [1.54, 1.807) is 0 Å². The molecule has 1 heterocycles. The second-order valence-corrected chi connectivity index (χ2v) is 7.33. The second-order valence-electron chi connectivity index (χ2n) is 6.93. The Morgan fingerprint density at radius 2 is 2.00 bits per heavy atom. The highest BCUT2D eigenvalue weighted by Gasteiger charge is 2.15. The molecule has 1 fully saturated rings. The third-order valence-corrected chi connectivity index (χ3v) is 5.21. The summed E-state index contributed by atoms with van der Waals surface area (Å²) >= 11 is 6.39. The van der Waals surface area contributed by atoms with Gasteiger partial charge in [0.15, 0.2) is 0 Å². The molecule has 0 aromatic heterocycles. The van der Waals surface area contributed by atoms with Crippen molar-refractivity contribution in [3.8, 4) is 11.8 Å². The highest BCUT2D eigenvalue weighted by atomic mass is 35.5. The molecular formula is C22H25ClN2O2. The van der Waals surface area contributed by atoms with E-state index in [-0.39, 0.29) is 0 Å². The van der Waals surface area contributed by atoms with Crippen molar-refractivity contribution in [2.24, 2.45) is 0 Å². The highest BCUT2D eigenvalue weighted by molar-refractivity contribution is 6.31. The molecular weight excluding hydrogens is 360 g/mol. The van der Waals surface area contributed by atoms with Crippen LogP contribution in [0.25, 0.3) is 0 Å². The van der Waals surface area contributed by atoms with Crippen molar-refractivity contribution in [1.82, 2.24) is 4.90 Å². The summed E-state index contributed by atoms with van der Waals surface area (Å²) in [5, 5.41) is 10.0. The van der Waals surface area contributed by atoms with Crippen LogP contribution in [0.2, 0.25) is 5.02 Å². The zero-order valence-electron chi connectivity index (χ0n) is 15.9. The quantitative estimate of drug-likeness (QED) is 0.751. The zero-order chi connectivity index (χ0) is 19.2. The van der Waals surface area contributed by atoms with Crippen molar-refractivity contribution in [1.29, 1.82) is 5.26 Å². The molecule has 1 aliphatic rings. The fraction of sp³-hybridized carbons (Fsp3) is 0.409. The topological polar surface area (TPSA) is 45.5 Å². The fourth-order valence-electron chi connectivity index (χ4n) is 3.52. The first-order valence-electron chi connectivity index (χ1n) is 9.29. The van der Waals surface area contributed by atoms with Gasteiger partial charge in [-0.25, -0.2) is 0 Å². The van der Waals surface area contributed by atoms with Crippen LogP contribution in [0.15, 0.2) is 30.3 Å². The molecule has 0 unspecified atom stereocenters. The van der Waals surface area contributed by atoms with Crippen LogP contribution >= 0.6 is 11.6 Å². The molecule has 0 amide bonds. The molecule has 1 aliphatic heterocycles. The lowest BCUT2D eigenvalue weighted by molar-refractivity contribution is 0.0321. The smallest absolute Gasteiger partial charge is 0.125 e. The van der Waals surface area contributed by atoms with E-state index in [1.807, 2.05) is 18.2 Å². The Kier molecular flexibility index (Phi) is 6.73. The van der Waals surface area contributed by atoms with E-state index < -0.39 is 0 Å². The van der Waals surface area contributed by atoms with Crippen molar-refractivity contribution < 1.29 is 9.47 Å². The number of benzene rings is 2. The van der Waals surface area contributed by atoms with Gasteiger partial charge in [0, 0.05) is 31.1 Å². The van der Waals surface area contributed by atoms with Gasteiger partial charge in [0.25, 0.3) is 0 Å². The SMILES string of the molecule is Cc1cc(C)c(OCCN2CCOCC2)c(Cc2c(Cl)cccc2C#N)c1. The van der Waals surface area contributed by atoms with Crippen molar-refractivity contribution in [3.63, 3.8) is 0 Å². The zero-order valence-corrected chi connectivity index (χ0v) is 16.7. The molecule has 0 N–H and O–H groups in total. The van der Waals surface area contributed by atoms with Crippen LogP contribution in [0, 0.1) is 25.2 Å². The summed E-state index contributed by atoms with van der Waals surface area (Å²) in [5.41, 5.74) is 4.82. The first kappa shape index (κ1) is 19.7. The maximum atomic E-state index is 9.43. The Hall–Kier alpha value is -2.06. The molecule has 4 nitrogen and oxygen atoms in total. The highest BCUT2D eigenvalue weighted by Crippen LogP contribution is 2.31. The lowest BCUT2D eigenvalue weighted by Crippen LogP contribution is -2.38. The van der Waals surface area contributed by atoms with Gasteiger partial charge in [0.05, 0.1) is 24.8 Å². The van der Waals surface area contributed by atoms with Gasteiger partial charge in [-0.2, -0.15) is 5.26 Å². The molecule has 5 heteroatoms. The number of halogens is 1. The molecule has 1 saturated heterocycles. The van der Waals surface area contributed by atoms with Crippen LogP contribution in [0.1, 0.15) is 27.8 Å². The largest absolute Gasteiger partial charge is 0.492 e. The van der Waals surface area contributed by atoms with Gasteiger partial charge < -0.3 is 9.47 Å². The number of nitrogens with zero attached hydrogens (tertiary/aromatic N) is 2.